The molecule has 5 heteroatoms. The maximum Gasteiger partial charge on any atom is 0.256 e. The molecule has 1 aromatic rings. The number of amides is 1. The summed E-state index contributed by atoms with van der Waals surface area (Å²) in [5.41, 5.74) is -0.139. The lowest BCUT2D eigenvalue weighted by Gasteiger charge is -2.13. The maximum absolute atomic E-state index is 13.5. The molecule has 0 heterocycles. The van der Waals surface area contributed by atoms with E-state index in [-0.39, 0.29) is 29.2 Å². The summed E-state index contributed by atoms with van der Waals surface area (Å²) in [6.07, 6.45) is 4.26. The van der Waals surface area contributed by atoms with E-state index in [1.54, 1.807) is 6.08 Å². The van der Waals surface area contributed by atoms with Gasteiger partial charge in [0.05, 0.1) is 10.6 Å². The topological polar surface area (TPSA) is 49.3 Å². The first kappa shape index (κ1) is 13.1. The molecule has 96 valence electrons. The number of carbonyl (C=O) groups is 1. The number of benzene rings is 1. The Labute approximate surface area is 109 Å². The van der Waals surface area contributed by atoms with Crippen LogP contribution < -0.4 is 5.32 Å². The van der Waals surface area contributed by atoms with Crippen molar-refractivity contribution in [2.24, 2.45) is 5.92 Å². The van der Waals surface area contributed by atoms with Crippen LogP contribution in [0.15, 0.2) is 30.4 Å². The van der Waals surface area contributed by atoms with Gasteiger partial charge in [0, 0.05) is 18.6 Å². The summed E-state index contributed by atoms with van der Waals surface area (Å²) in [6, 6.07) is 3.93. The van der Waals surface area contributed by atoms with Crippen molar-refractivity contribution < 1.29 is 14.3 Å². The Morgan fingerprint density at radius 3 is 2.89 bits per heavy atom. The Hall–Kier alpha value is -1.39. The smallest absolute Gasteiger partial charge is 0.256 e. The van der Waals surface area contributed by atoms with E-state index in [4.69, 9.17) is 16.7 Å². The van der Waals surface area contributed by atoms with Gasteiger partial charge in [0.15, 0.2) is 0 Å². The van der Waals surface area contributed by atoms with Gasteiger partial charge in [-0.3, -0.25) is 4.79 Å². The zero-order chi connectivity index (χ0) is 13.1. The number of carbonyl (C=O) groups excluding carboxylic acids is 1. The second kappa shape index (κ2) is 5.50. The number of hydrogen-bond donors (Lipinski definition) is 2. The van der Waals surface area contributed by atoms with Crippen LogP contribution in [-0.4, -0.2) is 23.7 Å². The molecule has 1 aromatic carbocycles. The lowest BCUT2D eigenvalue weighted by molar-refractivity contribution is 0.0937. The average Bonchev–Trinajstić information content (AvgIpc) is 2.76. The van der Waals surface area contributed by atoms with Crippen molar-refractivity contribution in [2.75, 3.05) is 6.61 Å². The molecule has 2 atom stereocenters. The van der Waals surface area contributed by atoms with E-state index >= 15 is 0 Å². The molecule has 0 aromatic heterocycles. The Morgan fingerprint density at radius 2 is 2.28 bits per heavy atom. The molecule has 0 aliphatic heterocycles. The van der Waals surface area contributed by atoms with Crippen molar-refractivity contribution in [3.63, 3.8) is 0 Å². The van der Waals surface area contributed by atoms with Crippen LogP contribution in [0.1, 0.15) is 16.8 Å². The molecule has 2 rings (SSSR count). The fraction of sp³-hybridized carbons (Fsp3) is 0.308. The number of aliphatic hydroxyl groups is 1. The van der Waals surface area contributed by atoms with Gasteiger partial charge in [-0.1, -0.05) is 29.8 Å². The maximum atomic E-state index is 13.5. The zero-order valence-electron chi connectivity index (χ0n) is 9.57. The van der Waals surface area contributed by atoms with Crippen LogP contribution in [0.5, 0.6) is 0 Å². The van der Waals surface area contributed by atoms with Crippen molar-refractivity contribution in [1.29, 1.82) is 0 Å². The third-order valence-corrected chi connectivity index (χ3v) is 3.23. The van der Waals surface area contributed by atoms with Gasteiger partial charge in [-0.05, 0) is 18.6 Å². The third-order valence-electron chi connectivity index (χ3n) is 2.91. The van der Waals surface area contributed by atoms with Crippen LogP contribution in [0.3, 0.4) is 0 Å². The Kier molecular flexibility index (Phi) is 3.99. The molecule has 2 N–H and O–H groups in total. The summed E-state index contributed by atoms with van der Waals surface area (Å²) in [5.74, 6) is -1.13. The largest absolute Gasteiger partial charge is 0.396 e. The molecule has 0 saturated carbocycles. The molecule has 0 unspecified atom stereocenters. The fourth-order valence-corrected chi connectivity index (χ4v) is 2.22. The van der Waals surface area contributed by atoms with Gasteiger partial charge in [0.25, 0.3) is 5.91 Å². The van der Waals surface area contributed by atoms with Gasteiger partial charge in [-0.2, -0.15) is 0 Å². The van der Waals surface area contributed by atoms with Crippen molar-refractivity contribution in [1.82, 2.24) is 5.32 Å². The molecule has 0 saturated heterocycles. The second-order valence-electron chi connectivity index (χ2n) is 4.24. The molecule has 0 fully saturated rings. The lowest BCUT2D eigenvalue weighted by atomic mass is 10.1. The van der Waals surface area contributed by atoms with Crippen LogP contribution in [0.2, 0.25) is 5.02 Å². The van der Waals surface area contributed by atoms with Crippen molar-refractivity contribution in [2.45, 2.75) is 12.5 Å². The molecule has 0 radical (unpaired) electrons. The first-order valence-electron chi connectivity index (χ1n) is 5.66. The highest BCUT2D eigenvalue weighted by atomic mass is 35.5. The number of nitrogens with one attached hydrogen (secondary N) is 1. The van der Waals surface area contributed by atoms with E-state index in [9.17, 15) is 9.18 Å². The normalized spacial score (nSPS) is 22.2. The SMILES string of the molecule is O=C(N[C@@H]1C=C[C@H](CO)C1)c1c(F)cccc1Cl. The first-order valence-corrected chi connectivity index (χ1v) is 6.03. The molecule has 3 nitrogen and oxygen atoms in total. The Morgan fingerprint density at radius 1 is 1.50 bits per heavy atom. The summed E-state index contributed by atoms with van der Waals surface area (Å²) in [7, 11) is 0. The molecule has 1 amide bonds. The average molecular weight is 270 g/mol. The summed E-state index contributed by atoms with van der Waals surface area (Å²) < 4.78 is 13.5. The molecular weight excluding hydrogens is 257 g/mol. The Balaban J connectivity index is 2.07. The fourth-order valence-electron chi connectivity index (χ4n) is 1.97. The van der Waals surface area contributed by atoms with Crippen molar-refractivity contribution in [3.8, 4) is 0 Å². The minimum Gasteiger partial charge on any atom is -0.396 e. The predicted molar refractivity (Wildman–Crippen MR) is 67.0 cm³/mol. The molecule has 18 heavy (non-hydrogen) atoms. The number of halogens is 2. The quantitative estimate of drug-likeness (QED) is 0.826. The second-order valence-corrected chi connectivity index (χ2v) is 4.65. The number of hydrogen-bond acceptors (Lipinski definition) is 2. The molecule has 1 aliphatic rings. The number of aliphatic hydroxyl groups excluding tert-OH is 1. The van der Waals surface area contributed by atoms with Gasteiger partial charge in [0.2, 0.25) is 0 Å². The van der Waals surface area contributed by atoms with Crippen molar-refractivity contribution >= 4 is 17.5 Å². The Bertz CT molecular complexity index is 470. The van der Waals surface area contributed by atoms with Crippen LogP contribution in [-0.2, 0) is 0 Å². The van der Waals surface area contributed by atoms with E-state index in [1.807, 2.05) is 6.08 Å². The first-order chi connectivity index (χ1) is 8.61. The van der Waals surface area contributed by atoms with Crippen LogP contribution in [0, 0.1) is 11.7 Å². The zero-order valence-corrected chi connectivity index (χ0v) is 10.3. The summed E-state index contributed by atoms with van der Waals surface area (Å²) in [4.78, 5) is 11.9. The van der Waals surface area contributed by atoms with Gasteiger partial charge < -0.3 is 10.4 Å². The van der Waals surface area contributed by atoms with Gasteiger partial charge in [-0.15, -0.1) is 0 Å². The minimum absolute atomic E-state index is 0.0450. The lowest BCUT2D eigenvalue weighted by Crippen LogP contribution is -2.33. The van der Waals surface area contributed by atoms with E-state index in [0.717, 1.165) is 0 Å². The van der Waals surface area contributed by atoms with Crippen LogP contribution in [0.25, 0.3) is 0 Å². The van der Waals surface area contributed by atoms with E-state index in [2.05, 4.69) is 5.32 Å². The standard InChI is InChI=1S/C13H13ClFNO2/c14-10-2-1-3-11(15)12(10)13(18)16-9-5-4-8(6-9)7-17/h1-5,8-9,17H,6-7H2,(H,16,18)/t8-,9+/m0/s1. The van der Waals surface area contributed by atoms with E-state index < -0.39 is 11.7 Å². The number of rotatable bonds is 3. The van der Waals surface area contributed by atoms with Crippen molar-refractivity contribution in [3.05, 3.63) is 46.8 Å². The molecule has 0 spiro atoms. The molecular formula is C13H13ClFNO2. The van der Waals surface area contributed by atoms with Crippen LogP contribution >= 0.6 is 11.6 Å². The summed E-state index contributed by atoms with van der Waals surface area (Å²) >= 11 is 5.81. The summed E-state index contributed by atoms with van der Waals surface area (Å²) in [5, 5.41) is 11.7. The summed E-state index contributed by atoms with van der Waals surface area (Å²) in [6.45, 7) is 0.0450. The monoisotopic (exact) mass is 269 g/mol. The molecule has 0 bridgehead atoms. The highest BCUT2D eigenvalue weighted by Crippen LogP contribution is 2.21. The predicted octanol–water partition coefficient (Wildman–Crippen LogP) is 2.15. The van der Waals surface area contributed by atoms with Gasteiger partial charge in [0.1, 0.15) is 5.82 Å². The third kappa shape index (κ3) is 2.71. The molecule has 1 aliphatic carbocycles. The van der Waals surface area contributed by atoms with E-state index in [0.29, 0.717) is 6.42 Å². The minimum atomic E-state index is -0.638. The van der Waals surface area contributed by atoms with E-state index in [1.165, 1.54) is 18.2 Å². The van der Waals surface area contributed by atoms with Gasteiger partial charge in [-0.25, -0.2) is 4.39 Å². The van der Waals surface area contributed by atoms with Crippen LogP contribution in [0.4, 0.5) is 4.39 Å². The van der Waals surface area contributed by atoms with Gasteiger partial charge >= 0.3 is 0 Å². The highest BCUT2D eigenvalue weighted by molar-refractivity contribution is 6.33. The highest BCUT2D eigenvalue weighted by Gasteiger charge is 2.22.